The van der Waals surface area contributed by atoms with Crippen LogP contribution in [0.5, 0.6) is 0 Å². The Balaban J connectivity index is 1.36. The third-order valence-electron chi connectivity index (χ3n) is 8.89. The summed E-state index contributed by atoms with van der Waals surface area (Å²) in [5.41, 5.74) is -2.08. The number of aromatic nitrogens is 4. The third kappa shape index (κ3) is 5.47. The molecule has 39 heavy (non-hydrogen) atoms. The number of piperidine rings is 1. The minimum atomic E-state index is -4.42. The van der Waals surface area contributed by atoms with Gasteiger partial charge in [-0.05, 0) is 26.3 Å². The number of hydrogen-bond acceptors (Lipinski definition) is 8. The van der Waals surface area contributed by atoms with Gasteiger partial charge in [0.25, 0.3) is 5.56 Å². The van der Waals surface area contributed by atoms with Crippen LogP contribution >= 0.6 is 0 Å². The van der Waals surface area contributed by atoms with Crippen molar-refractivity contribution in [3.63, 3.8) is 0 Å². The molecule has 3 fully saturated rings. The van der Waals surface area contributed by atoms with Gasteiger partial charge in [0.15, 0.2) is 5.65 Å². The van der Waals surface area contributed by atoms with Gasteiger partial charge in [-0.3, -0.25) is 14.2 Å². The van der Waals surface area contributed by atoms with Crippen molar-refractivity contribution in [2.45, 2.75) is 63.8 Å². The number of likely N-dealkylation sites (N-methyl/N-ethyl adjacent to an activating group) is 1. The van der Waals surface area contributed by atoms with Crippen LogP contribution in [-0.4, -0.2) is 98.4 Å². The monoisotopic (exact) mass is 551 g/mol. The maximum absolute atomic E-state index is 13.4. The van der Waals surface area contributed by atoms with E-state index >= 15 is 0 Å². The lowest BCUT2D eigenvalue weighted by atomic mass is 9.65. The Hall–Kier alpha value is -2.80. The summed E-state index contributed by atoms with van der Waals surface area (Å²) in [6, 6.07) is 0. The number of likely N-dealkylation sites (tertiary alicyclic amines) is 1. The molecule has 3 aliphatic rings. The second-order valence-electron chi connectivity index (χ2n) is 11.6. The zero-order chi connectivity index (χ0) is 28.0. The molecule has 10 nitrogen and oxygen atoms in total. The average Bonchev–Trinajstić information content (AvgIpc) is 3.36. The van der Waals surface area contributed by atoms with Gasteiger partial charge in [-0.15, -0.1) is 0 Å². The number of rotatable bonds is 5. The Kier molecular flexibility index (Phi) is 7.34. The zero-order valence-corrected chi connectivity index (χ0v) is 22.5. The van der Waals surface area contributed by atoms with Gasteiger partial charge in [0.2, 0.25) is 11.9 Å². The fraction of sp³-hybridized carbons (Fsp3) is 0.731. The summed E-state index contributed by atoms with van der Waals surface area (Å²) in [6.45, 7) is 4.93. The molecule has 4 heterocycles. The van der Waals surface area contributed by atoms with E-state index in [1.165, 1.54) is 28.9 Å². The fourth-order valence-corrected chi connectivity index (χ4v) is 6.53. The lowest BCUT2D eigenvalue weighted by Crippen LogP contribution is -2.62. The molecule has 1 aliphatic carbocycles. The van der Waals surface area contributed by atoms with Gasteiger partial charge >= 0.3 is 6.18 Å². The van der Waals surface area contributed by atoms with Crippen LogP contribution in [0.3, 0.4) is 0 Å². The van der Waals surface area contributed by atoms with Crippen LogP contribution in [0.25, 0.3) is 11.0 Å². The molecule has 1 N–H and O–H groups in total. The zero-order valence-electron chi connectivity index (χ0n) is 22.5. The summed E-state index contributed by atoms with van der Waals surface area (Å²) >= 11 is 0. The van der Waals surface area contributed by atoms with Gasteiger partial charge in [0.1, 0.15) is 11.7 Å². The summed E-state index contributed by atoms with van der Waals surface area (Å²) in [6.07, 6.45) is 0.414. The van der Waals surface area contributed by atoms with Crippen molar-refractivity contribution in [1.29, 1.82) is 0 Å². The first kappa shape index (κ1) is 27.8. The number of hydrogen-bond donors (Lipinski definition) is 1. The predicted octanol–water partition coefficient (Wildman–Crippen LogP) is 2.05. The predicted molar refractivity (Wildman–Crippen MR) is 138 cm³/mol. The minimum absolute atomic E-state index is 0.0187. The standard InChI is InChI=1S/C26H36F3N7O3/c1-18(13-26(27,28)29)21(37)35-8-7-25(39,24(15-35)5-3-4-6-24)16-36-17-31-20-19(22(36)38)14-30-23(32-20)34-11-9-33(2)10-12-34/h14,17-18,39H,3-13,15-16H2,1-2H3/t18-,25?/m1/s1. The van der Waals surface area contributed by atoms with Crippen molar-refractivity contribution in [1.82, 2.24) is 29.3 Å². The Morgan fingerprint density at radius 3 is 2.46 bits per heavy atom. The number of nitrogens with zero attached hydrogens (tertiary/aromatic N) is 7. The van der Waals surface area contributed by atoms with E-state index in [0.29, 0.717) is 24.4 Å². The van der Waals surface area contributed by atoms with Crippen molar-refractivity contribution >= 4 is 22.9 Å². The number of aliphatic hydroxyl groups is 1. The smallest absolute Gasteiger partial charge is 0.387 e. The second-order valence-corrected chi connectivity index (χ2v) is 11.6. The molecule has 2 aliphatic heterocycles. The molecule has 1 amide bonds. The van der Waals surface area contributed by atoms with Gasteiger partial charge in [0.05, 0.1) is 18.6 Å². The van der Waals surface area contributed by atoms with E-state index in [-0.39, 0.29) is 37.0 Å². The van der Waals surface area contributed by atoms with Crippen LogP contribution in [0.4, 0.5) is 19.1 Å². The van der Waals surface area contributed by atoms with Crippen LogP contribution in [0, 0.1) is 11.3 Å². The molecule has 0 bridgehead atoms. The number of carbonyl (C=O) groups is 1. The highest BCUT2D eigenvalue weighted by atomic mass is 19.4. The van der Waals surface area contributed by atoms with Crippen molar-refractivity contribution < 1.29 is 23.1 Å². The van der Waals surface area contributed by atoms with E-state index in [1.807, 2.05) is 0 Å². The van der Waals surface area contributed by atoms with Gasteiger partial charge in [-0.2, -0.15) is 18.2 Å². The van der Waals surface area contributed by atoms with Crippen LogP contribution in [0.2, 0.25) is 0 Å². The topological polar surface area (TPSA) is 108 Å². The highest BCUT2D eigenvalue weighted by Gasteiger charge is 2.56. The average molecular weight is 552 g/mol. The largest absolute Gasteiger partial charge is 0.389 e. The fourth-order valence-electron chi connectivity index (χ4n) is 6.53. The van der Waals surface area contributed by atoms with Gasteiger partial charge in [-0.1, -0.05) is 19.8 Å². The lowest BCUT2D eigenvalue weighted by Gasteiger charge is -2.52. The maximum atomic E-state index is 13.4. The maximum Gasteiger partial charge on any atom is 0.389 e. The number of carbonyl (C=O) groups excluding carboxylic acids is 1. The first-order valence-electron chi connectivity index (χ1n) is 13.6. The number of amides is 1. The third-order valence-corrected chi connectivity index (χ3v) is 8.89. The van der Waals surface area contributed by atoms with Gasteiger partial charge < -0.3 is 19.8 Å². The Morgan fingerprint density at radius 1 is 1.10 bits per heavy atom. The van der Waals surface area contributed by atoms with E-state index < -0.39 is 35.4 Å². The molecule has 2 aromatic rings. The Bertz CT molecular complexity index is 1270. The van der Waals surface area contributed by atoms with E-state index in [4.69, 9.17) is 0 Å². The van der Waals surface area contributed by atoms with Crippen molar-refractivity contribution in [2.75, 3.05) is 51.2 Å². The van der Waals surface area contributed by atoms with Crippen LogP contribution in [0.1, 0.15) is 45.4 Å². The highest BCUT2D eigenvalue weighted by Crippen LogP contribution is 2.51. The first-order valence-corrected chi connectivity index (χ1v) is 13.6. The summed E-state index contributed by atoms with van der Waals surface area (Å²) in [5, 5.41) is 12.2. The van der Waals surface area contributed by atoms with E-state index in [9.17, 15) is 27.9 Å². The quantitative estimate of drug-likeness (QED) is 0.602. The summed E-state index contributed by atoms with van der Waals surface area (Å²) < 4.78 is 40.1. The lowest BCUT2D eigenvalue weighted by molar-refractivity contribution is -0.172. The second kappa shape index (κ2) is 10.3. The van der Waals surface area contributed by atoms with E-state index in [2.05, 4.69) is 31.8 Å². The molecule has 214 valence electrons. The van der Waals surface area contributed by atoms with Crippen molar-refractivity contribution in [2.24, 2.45) is 11.3 Å². The minimum Gasteiger partial charge on any atom is -0.387 e. The Morgan fingerprint density at radius 2 is 1.79 bits per heavy atom. The van der Waals surface area contributed by atoms with Gasteiger partial charge in [-0.25, -0.2) is 9.97 Å². The number of halogens is 3. The number of alkyl halides is 3. The Labute approximate surface area is 224 Å². The van der Waals surface area contributed by atoms with Crippen molar-refractivity contribution in [3.05, 3.63) is 22.9 Å². The van der Waals surface area contributed by atoms with Crippen LogP contribution in [0.15, 0.2) is 17.3 Å². The molecule has 1 unspecified atom stereocenters. The molecular formula is C26H36F3N7O3. The summed E-state index contributed by atoms with van der Waals surface area (Å²) in [7, 11) is 2.06. The molecule has 0 radical (unpaired) electrons. The normalized spacial score (nSPS) is 25.0. The first-order chi connectivity index (χ1) is 18.4. The van der Waals surface area contributed by atoms with E-state index in [1.54, 1.807) is 0 Å². The molecule has 13 heteroatoms. The molecule has 0 aromatic carbocycles. The number of fused-ring (bicyclic) bond motifs is 1. The summed E-state index contributed by atoms with van der Waals surface area (Å²) in [4.78, 5) is 45.4. The number of piperazine rings is 1. The SMILES string of the molecule is C[C@H](CC(F)(F)F)C(=O)N1CCC(O)(Cn2cnc3nc(N4CCN(C)CC4)ncc3c2=O)C2(CCCC2)C1. The number of anilines is 1. The molecule has 2 saturated heterocycles. The van der Waals surface area contributed by atoms with Crippen LogP contribution in [-0.2, 0) is 11.3 Å². The van der Waals surface area contributed by atoms with Crippen LogP contribution < -0.4 is 10.5 Å². The van der Waals surface area contributed by atoms with E-state index in [0.717, 1.165) is 39.0 Å². The molecule has 2 aromatic heterocycles. The molecule has 5 rings (SSSR count). The molecule has 1 spiro atoms. The van der Waals surface area contributed by atoms with Gasteiger partial charge in [0, 0.05) is 56.8 Å². The highest BCUT2D eigenvalue weighted by molar-refractivity contribution is 5.79. The molecular weight excluding hydrogens is 515 g/mol. The molecule has 2 atom stereocenters. The van der Waals surface area contributed by atoms with Crippen molar-refractivity contribution in [3.8, 4) is 0 Å². The molecule has 1 saturated carbocycles. The summed E-state index contributed by atoms with van der Waals surface area (Å²) in [5.74, 6) is -1.20.